The maximum atomic E-state index is 2.62. The molecular formula is C36H52SiZr. The Bertz CT molecular complexity index is 1280. The van der Waals surface area contributed by atoms with E-state index in [4.69, 9.17) is 0 Å². The Morgan fingerprint density at radius 3 is 1.13 bits per heavy atom. The number of hydrogen-bond donors (Lipinski definition) is 0. The maximum absolute atomic E-state index is 2.62. The van der Waals surface area contributed by atoms with Crippen LogP contribution in [0.15, 0.2) is 36.4 Å². The number of rotatable bonds is 6. The first-order valence-corrected chi connectivity index (χ1v) is 16.7. The summed E-state index contributed by atoms with van der Waals surface area (Å²) in [6.07, 6.45) is 0. The molecule has 4 rings (SSSR count). The van der Waals surface area contributed by atoms with Crippen LogP contribution in [-0.4, -0.2) is 8.07 Å². The van der Waals surface area contributed by atoms with Gasteiger partial charge in [0.25, 0.3) is 0 Å². The number of fused-ring (bicyclic) bond motifs is 2. The van der Waals surface area contributed by atoms with Crippen molar-refractivity contribution < 1.29 is 26.2 Å². The van der Waals surface area contributed by atoms with E-state index in [0.29, 0.717) is 23.7 Å². The van der Waals surface area contributed by atoms with Gasteiger partial charge in [-0.05, 0) is 23.7 Å². The third-order valence-electron chi connectivity index (χ3n) is 8.30. The minimum atomic E-state index is -2.04. The Labute approximate surface area is 255 Å². The normalized spacial score (nSPS) is 12.0. The van der Waals surface area contributed by atoms with Gasteiger partial charge in [-0.1, -0.05) is 105 Å². The van der Waals surface area contributed by atoms with E-state index in [-0.39, 0.29) is 41.1 Å². The van der Waals surface area contributed by atoms with E-state index in [0.717, 1.165) is 0 Å². The summed E-state index contributed by atoms with van der Waals surface area (Å²) in [6.45, 7) is 28.9. The fraction of sp³-hybridized carbons (Fsp3) is 0.444. The third kappa shape index (κ3) is 5.51. The van der Waals surface area contributed by atoms with Gasteiger partial charge in [0.1, 0.15) is 0 Å². The van der Waals surface area contributed by atoms with Crippen LogP contribution in [0.1, 0.15) is 112 Å². The summed E-state index contributed by atoms with van der Waals surface area (Å²) in [6, 6.07) is 14.5. The van der Waals surface area contributed by atoms with Crippen molar-refractivity contribution in [2.45, 2.75) is 106 Å². The molecule has 0 aromatic heterocycles. The van der Waals surface area contributed by atoms with E-state index >= 15 is 0 Å². The summed E-state index contributed by atoms with van der Waals surface area (Å²) >= 11 is 0. The number of hydrogen-bond acceptors (Lipinski definition) is 0. The standard InChI is InChI=1S/C34H46Si.2CH3.Zr/c1-19(2)27-15-13-25-17-23(9)33(31(25)29(27)21(5)6)35(11,12)34-24(10)18-26-14-16-28(20(3)4)30(22(7)8)32(26)34;;;/h13-22H,1-12H3;2*1H3;/q-2;2*-1;+4. The van der Waals surface area contributed by atoms with E-state index < -0.39 is 8.07 Å². The molecule has 38 heavy (non-hydrogen) atoms. The smallest absolute Gasteiger partial charge is 0.358 e. The van der Waals surface area contributed by atoms with Gasteiger partial charge in [-0.25, -0.2) is 0 Å². The average Bonchev–Trinajstić information content (AvgIpc) is 3.27. The van der Waals surface area contributed by atoms with Gasteiger partial charge in [0.2, 0.25) is 0 Å². The molecule has 0 nitrogen and oxygen atoms in total. The van der Waals surface area contributed by atoms with Crippen molar-refractivity contribution in [3.05, 3.63) is 84.6 Å². The molecule has 0 saturated heterocycles. The molecule has 2 heteroatoms. The van der Waals surface area contributed by atoms with Crippen LogP contribution in [0, 0.1) is 28.7 Å². The van der Waals surface area contributed by atoms with Gasteiger partial charge in [0.05, 0.1) is 0 Å². The molecule has 0 heterocycles. The summed E-state index contributed by atoms with van der Waals surface area (Å²) < 4.78 is 0. The van der Waals surface area contributed by atoms with Crippen molar-refractivity contribution in [3.63, 3.8) is 0 Å². The predicted octanol–water partition coefficient (Wildman–Crippen LogP) is 10.3. The van der Waals surface area contributed by atoms with Crippen molar-refractivity contribution in [3.8, 4) is 0 Å². The van der Waals surface area contributed by atoms with Gasteiger partial charge in [0.15, 0.2) is 0 Å². The summed E-state index contributed by atoms with van der Waals surface area (Å²) in [5, 5.41) is 9.34. The zero-order valence-electron chi connectivity index (χ0n) is 26.8. The van der Waals surface area contributed by atoms with Gasteiger partial charge in [0, 0.05) is 8.07 Å². The summed E-state index contributed by atoms with van der Waals surface area (Å²) in [4.78, 5) is 0. The predicted molar refractivity (Wildman–Crippen MR) is 174 cm³/mol. The van der Waals surface area contributed by atoms with Crippen LogP contribution in [0.2, 0.25) is 13.1 Å². The molecule has 0 N–H and O–H groups in total. The van der Waals surface area contributed by atoms with E-state index in [9.17, 15) is 0 Å². The molecule has 4 aromatic rings. The molecule has 0 aliphatic rings. The molecule has 0 amide bonds. The van der Waals surface area contributed by atoms with Crippen LogP contribution in [0.4, 0.5) is 0 Å². The first-order chi connectivity index (χ1) is 16.3. The molecule has 0 unspecified atom stereocenters. The van der Waals surface area contributed by atoms with Gasteiger partial charge >= 0.3 is 26.2 Å². The largest absolute Gasteiger partial charge is 4.00 e. The zero-order chi connectivity index (χ0) is 26.0. The molecule has 0 aliphatic heterocycles. The quantitative estimate of drug-likeness (QED) is 0.152. The molecule has 204 valence electrons. The Morgan fingerprint density at radius 1 is 0.553 bits per heavy atom. The molecule has 0 spiro atoms. The van der Waals surface area contributed by atoms with Crippen molar-refractivity contribution in [2.24, 2.45) is 0 Å². The zero-order valence-corrected chi connectivity index (χ0v) is 30.2. The van der Waals surface area contributed by atoms with Crippen molar-refractivity contribution in [1.29, 1.82) is 0 Å². The molecule has 0 fully saturated rings. The number of benzene rings is 2. The molecular weight excluding hydrogens is 552 g/mol. The SMILES string of the molecule is Cc1[cH-]c2ccc(C(C)C)c(C(C)C)c2c1[Si](C)(C)c1c(C)[cH-]c2ccc(C(C)C)c(C(C)C)c12.[CH3-].[CH3-].[Zr+4]. The van der Waals surface area contributed by atoms with E-state index in [1.807, 2.05) is 0 Å². The molecule has 0 atom stereocenters. The second kappa shape index (κ2) is 12.5. The van der Waals surface area contributed by atoms with Crippen LogP contribution < -0.4 is 10.4 Å². The van der Waals surface area contributed by atoms with Gasteiger partial charge < -0.3 is 14.9 Å². The molecule has 0 saturated carbocycles. The fourth-order valence-electron chi connectivity index (χ4n) is 7.10. The summed E-state index contributed by atoms with van der Waals surface area (Å²) in [5.41, 5.74) is 9.19. The number of aryl methyl sites for hydroxylation is 2. The van der Waals surface area contributed by atoms with Crippen LogP contribution in [-0.2, 0) is 26.2 Å². The summed E-state index contributed by atoms with van der Waals surface area (Å²) in [5.74, 6) is 2.09. The third-order valence-corrected chi connectivity index (χ3v) is 12.1. The van der Waals surface area contributed by atoms with Crippen LogP contribution >= 0.6 is 0 Å². The van der Waals surface area contributed by atoms with Crippen LogP contribution in [0.25, 0.3) is 21.5 Å². The van der Waals surface area contributed by atoms with Gasteiger partial charge in [-0.15, -0.1) is 69.1 Å². The monoisotopic (exact) mass is 602 g/mol. The van der Waals surface area contributed by atoms with E-state index in [2.05, 4.69) is 119 Å². The van der Waals surface area contributed by atoms with Crippen molar-refractivity contribution >= 4 is 40.0 Å². The maximum Gasteiger partial charge on any atom is 4.00 e. The summed E-state index contributed by atoms with van der Waals surface area (Å²) in [7, 11) is -2.04. The van der Waals surface area contributed by atoms with E-state index in [1.165, 1.54) is 33.0 Å². The minimum Gasteiger partial charge on any atom is -0.358 e. The Morgan fingerprint density at radius 2 is 0.868 bits per heavy atom. The van der Waals surface area contributed by atoms with Crippen molar-refractivity contribution in [1.82, 2.24) is 0 Å². The van der Waals surface area contributed by atoms with Gasteiger partial charge in [-0.2, -0.15) is 10.4 Å². The minimum absolute atomic E-state index is 0. The van der Waals surface area contributed by atoms with Crippen LogP contribution in [0.3, 0.4) is 0 Å². The second-order valence-electron chi connectivity index (χ2n) is 12.7. The topological polar surface area (TPSA) is 0 Å². The molecule has 0 radical (unpaired) electrons. The Balaban J connectivity index is 0.00000241. The van der Waals surface area contributed by atoms with Crippen LogP contribution in [0.5, 0.6) is 0 Å². The molecule has 4 aromatic carbocycles. The first kappa shape index (κ1) is 34.8. The first-order valence-electron chi connectivity index (χ1n) is 13.7. The second-order valence-corrected chi connectivity index (χ2v) is 17.0. The Kier molecular flexibility index (Phi) is 11.5. The van der Waals surface area contributed by atoms with Gasteiger partial charge in [-0.3, -0.25) is 0 Å². The molecule has 0 bridgehead atoms. The molecule has 0 aliphatic carbocycles. The fourth-order valence-corrected chi connectivity index (χ4v) is 11.3. The average molecular weight is 604 g/mol. The van der Waals surface area contributed by atoms with Crippen molar-refractivity contribution in [2.75, 3.05) is 0 Å². The van der Waals surface area contributed by atoms with E-state index in [1.54, 1.807) is 32.3 Å². The Hall–Kier alpha value is -1.24.